The van der Waals surface area contributed by atoms with Crippen molar-refractivity contribution in [3.8, 4) is 10.6 Å². The molecule has 3 rings (SSSR count). The zero-order chi connectivity index (χ0) is 16.1. The molecule has 1 heterocycles. The molecule has 1 aliphatic carbocycles. The highest BCUT2D eigenvalue weighted by molar-refractivity contribution is 7.21. The predicted molar refractivity (Wildman–Crippen MR) is 81.8 cm³/mol. The number of rotatable bonds is 1. The van der Waals surface area contributed by atoms with Crippen molar-refractivity contribution in [2.45, 2.75) is 6.18 Å². The van der Waals surface area contributed by atoms with Gasteiger partial charge >= 0.3 is 6.18 Å². The molecular weight excluding hydrogens is 313 g/mol. The van der Waals surface area contributed by atoms with Crippen molar-refractivity contribution in [3.63, 3.8) is 0 Å². The van der Waals surface area contributed by atoms with Crippen LogP contribution in [-0.2, 0) is 6.18 Å². The lowest BCUT2D eigenvalue weighted by atomic mass is 10.1. The predicted octanol–water partition coefficient (Wildman–Crippen LogP) is 3.85. The van der Waals surface area contributed by atoms with E-state index < -0.39 is 17.2 Å². The second-order valence-corrected chi connectivity index (χ2v) is 6.16. The van der Waals surface area contributed by atoms with Gasteiger partial charge in [0, 0.05) is 25.8 Å². The summed E-state index contributed by atoms with van der Waals surface area (Å²) in [6.45, 7) is 0. The molecule has 0 saturated heterocycles. The monoisotopic (exact) mass is 324 g/mol. The van der Waals surface area contributed by atoms with E-state index in [1.54, 1.807) is 12.1 Å². The van der Waals surface area contributed by atoms with Crippen molar-refractivity contribution in [2.75, 3.05) is 19.0 Å². The van der Waals surface area contributed by atoms with Crippen molar-refractivity contribution in [2.24, 2.45) is 0 Å². The first-order valence-corrected chi connectivity index (χ1v) is 7.20. The van der Waals surface area contributed by atoms with Crippen LogP contribution in [0.15, 0.2) is 35.1 Å². The van der Waals surface area contributed by atoms with Crippen LogP contribution < -0.4 is 10.3 Å². The van der Waals surface area contributed by atoms with Crippen molar-refractivity contribution in [3.05, 3.63) is 46.1 Å². The number of nitrogens with zero attached hydrogens (tertiary/aromatic N) is 2. The molecule has 3 nitrogen and oxygen atoms in total. The van der Waals surface area contributed by atoms with Crippen LogP contribution >= 0.6 is 11.3 Å². The van der Waals surface area contributed by atoms with Gasteiger partial charge in [0.05, 0.1) is 26.4 Å². The summed E-state index contributed by atoms with van der Waals surface area (Å²) in [4.78, 5) is 17.8. The van der Waals surface area contributed by atoms with Crippen LogP contribution in [-0.4, -0.2) is 19.1 Å². The van der Waals surface area contributed by atoms with Gasteiger partial charge in [-0.25, -0.2) is 4.98 Å². The molecule has 1 aliphatic heterocycles. The molecule has 0 spiro atoms. The van der Waals surface area contributed by atoms with Gasteiger partial charge in [-0.3, -0.25) is 4.79 Å². The Bertz CT molecular complexity index is 886. The van der Waals surface area contributed by atoms with Crippen molar-refractivity contribution in [1.29, 1.82) is 0 Å². The number of aromatic nitrogens is 1. The van der Waals surface area contributed by atoms with Crippen molar-refractivity contribution in [1.82, 2.24) is 4.98 Å². The van der Waals surface area contributed by atoms with E-state index >= 15 is 0 Å². The van der Waals surface area contributed by atoms with E-state index in [1.165, 1.54) is 6.07 Å². The van der Waals surface area contributed by atoms with Crippen LogP contribution in [0.1, 0.15) is 5.56 Å². The Balaban J connectivity index is 2.36. The molecule has 114 valence electrons. The van der Waals surface area contributed by atoms with E-state index in [-0.39, 0.29) is 10.6 Å². The van der Waals surface area contributed by atoms with E-state index in [0.717, 1.165) is 21.7 Å². The van der Waals surface area contributed by atoms with Gasteiger partial charge in [-0.15, -0.1) is 11.3 Å². The molecule has 0 radical (unpaired) electrons. The summed E-state index contributed by atoms with van der Waals surface area (Å²) in [6, 6.07) is 7.12. The molecule has 0 N–H and O–H groups in total. The van der Waals surface area contributed by atoms with Crippen LogP contribution in [0.25, 0.3) is 20.8 Å². The number of benzene rings is 2. The number of hydrogen-bond donors (Lipinski definition) is 0. The van der Waals surface area contributed by atoms with Crippen LogP contribution in [0.2, 0.25) is 0 Å². The summed E-state index contributed by atoms with van der Waals surface area (Å²) in [5, 5.41) is 0. The maximum Gasteiger partial charge on any atom is 0.418 e. The largest absolute Gasteiger partial charge is 0.418 e. The molecule has 0 fully saturated rings. The van der Waals surface area contributed by atoms with Crippen LogP contribution in [0.5, 0.6) is 0 Å². The highest BCUT2D eigenvalue weighted by Crippen LogP contribution is 2.39. The number of alkyl halides is 3. The second kappa shape index (κ2) is 4.95. The van der Waals surface area contributed by atoms with E-state index in [0.29, 0.717) is 11.6 Å². The molecule has 7 heteroatoms. The molecule has 0 saturated carbocycles. The molecule has 2 aliphatic rings. The third-order valence-electron chi connectivity index (χ3n) is 3.27. The Hall–Kier alpha value is -2.15. The Kier molecular flexibility index (Phi) is 3.32. The Morgan fingerprint density at radius 2 is 1.86 bits per heavy atom. The third-order valence-corrected chi connectivity index (χ3v) is 4.34. The average Bonchev–Trinajstić information content (AvgIpc) is 2.42. The lowest BCUT2D eigenvalue weighted by molar-refractivity contribution is -0.137. The molecule has 1 aromatic carbocycles. The highest BCUT2D eigenvalue weighted by atomic mass is 32.1. The normalized spacial score (nSPS) is 12.0. The fourth-order valence-electron chi connectivity index (χ4n) is 2.19. The first-order chi connectivity index (χ1) is 10.3. The van der Waals surface area contributed by atoms with E-state index in [4.69, 9.17) is 0 Å². The number of hydrogen-bond acceptors (Lipinski definition) is 4. The minimum Gasteiger partial charge on any atom is -0.378 e. The van der Waals surface area contributed by atoms with Gasteiger partial charge in [-0.2, -0.15) is 13.2 Å². The summed E-state index contributed by atoms with van der Waals surface area (Å²) in [5.74, 6) is 0. The van der Waals surface area contributed by atoms with E-state index in [2.05, 4.69) is 4.98 Å². The standard InChI is InChI=1S/C15H11F3N2OS/c1-20(2)8-3-4-11-12(5-8)22-13-7-9(21)6-10(14(13)19-11)15(16,17)18/h3-7H,1-2H3. The highest BCUT2D eigenvalue weighted by Gasteiger charge is 2.36. The minimum atomic E-state index is -4.60. The van der Waals surface area contributed by atoms with Gasteiger partial charge in [-0.05, 0) is 24.3 Å². The fourth-order valence-corrected chi connectivity index (χ4v) is 3.25. The van der Waals surface area contributed by atoms with Gasteiger partial charge in [0.25, 0.3) is 0 Å². The zero-order valence-corrected chi connectivity index (χ0v) is 12.5. The fraction of sp³-hybridized carbons (Fsp3) is 0.200. The molecular formula is C15H11F3N2OS. The zero-order valence-electron chi connectivity index (χ0n) is 11.7. The van der Waals surface area contributed by atoms with Gasteiger partial charge < -0.3 is 4.90 Å². The summed E-state index contributed by atoms with van der Waals surface area (Å²) in [7, 11) is 3.75. The third kappa shape index (κ3) is 2.52. The van der Waals surface area contributed by atoms with E-state index in [9.17, 15) is 18.0 Å². The van der Waals surface area contributed by atoms with Crippen molar-refractivity contribution < 1.29 is 13.2 Å². The first-order valence-electron chi connectivity index (χ1n) is 6.39. The Morgan fingerprint density at radius 1 is 1.14 bits per heavy atom. The maximum atomic E-state index is 13.1. The summed E-state index contributed by atoms with van der Waals surface area (Å²) >= 11 is 1.14. The smallest absolute Gasteiger partial charge is 0.378 e. The summed E-state index contributed by atoms with van der Waals surface area (Å²) < 4.78 is 40.0. The molecule has 0 aromatic heterocycles. The topological polar surface area (TPSA) is 33.2 Å². The van der Waals surface area contributed by atoms with Crippen LogP contribution in [0, 0.1) is 0 Å². The number of halogens is 3. The van der Waals surface area contributed by atoms with Gasteiger partial charge in [0.2, 0.25) is 0 Å². The van der Waals surface area contributed by atoms with Gasteiger partial charge in [0.15, 0.2) is 5.43 Å². The lowest BCUT2D eigenvalue weighted by Gasteiger charge is -2.15. The van der Waals surface area contributed by atoms with Crippen LogP contribution in [0.3, 0.4) is 0 Å². The molecule has 0 amide bonds. The quantitative estimate of drug-likeness (QED) is 0.638. The van der Waals surface area contributed by atoms with Gasteiger partial charge in [0.1, 0.15) is 0 Å². The first kappa shape index (κ1) is 14.8. The Morgan fingerprint density at radius 3 is 2.50 bits per heavy atom. The minimum absolute atomic E-state index is 0.179. The molecule has 0 bridgehead atoms. The molecule has 0 atom stereocenters. The summed E-state index contributed by atoms with van der Waals surface area (Å²) in [5.41, 5.74) is -0.431. The van der Waals surface area contributed by atoms with Crippen molar-refractivity contribution >= 4 is 27.2 Å². The molecule has 1 aromatic rings. The average molecular weight is 324 g/mol. The van der Waals surface area contributed by atoms with Gasteiger partial charge in [-0.1, -0.05) is 0 Å². The number of anilines is 1. The maximum absolute atomic E-state index is 13.1. The van der Waals surface area contributed by atoms with E-state index in [1.807, 2.05) is 25.1 Å². The Labute approximate surface area is 128 Å². The molecule has 0 unspecified atom stereocenters. The lowest BCUT2D eigenvalue weighted by Crippen LogP contribution is -2.14. The SMILES string of the molecule is CN(C)c1ccc2nc3c(C(F)(F)F)cc(=O)cc-3sc2c1. The molecule has 22 heavy (non-hydrogen) atoms. The van der Waals surface area contributed by atoms with Crippen LogP contribution in [0.4, 0.5) is 18.9 Å². The second-order valence-electron chi connectivity index (χ2n) is 5.08. The summed E-state index contributed by atoms with van der Waals surface area (Å²) in [6.07, 6.45) is -4.60. The number of fused-ring (bicyclic) bond motifs is 2.